The number of hydrogen-bond donors (Lipinski definition) is 1. The number of non-ortho nitro benzene ring substituents is 1. The van der Waals surface area contributed by atoms with Crippen LogP contribution in [0, 0.1) is 10.1 Å². The van der Waals surface area contributed by atoms with Crippen LogP contribution in [0.15, 0.2) is 36.7 Å². The number of carbonyl (C=O) groups excluding carboxylic acids is 1. The van der Waals surface area contributed by atoms with E-state index in [9.17, 15) is 28.1 Å². The van der Waals surface area contributed by atoms with E-state index in [-0.39, 0.29) is 16.9 Å². The summed E-state index contributed by atoms with van der Waals surface area (Å²) in [6, 6.07) is 5.10. The molecule has 1 heterocycles. The molecule has 0 aliphatic carbocycles. The number of halogens is 3. The van der Waals surface area contributed by atoms with Gasteiger partial charge in [-0.1, -0.05) is 6.07 Å². The normalized spacial score (nSPS) is 11.3. The molecule has 0 aliphatic heterocycles. The molecule has 2 rings (SSSR count). The van der Waals surface area contributed by atoms with E-state index >= 15 is 0 Å². The van der Waals surface area contributed by atoms with Gasteiger partial charge in [-0.25, -0.2) is 4.68 Å². The third-order valence-electron chi connectivity index (χ3n) is 2.70. The highest BCUT2D eigenvalue weighted by molar-refractivity contribution is 6.04. The number of benzene rings is 1. The molecule has 0 unspecified atom stereocenters. The standard InChI is InChI=1S/C13H11F3N4O4/c14-13(15,16)7-24-8-19-6-10(5-17-19)18-12(21)9-2-1-3-11(4-9)20(22)23/h1-6H,7-8H2,(H,18,21). The number of ether oxygens (including phenoxy) is 1. The highest BCUT2D eigenvalue weighted by Gasteiger charge is 2.27. The van der Waals surface area contributed by atoms with Gasteiger partial charge < -0.3 is 10.1 Å². The fourth-order valence-electron chi connectivity index (χ4n) is 1.72. The zero-order valence-corrected chi connectivity index (χ0v) is 12.0. The Morgan fingerprint density at radius 2 is 2.17 bits per heavy atom. The summed E-state index contributed by atoms with van der Waals surface area (Å²) < 4.78 is 41.3. The molecule has 24 heavy (non-hydrogen) atoms. The smallest absolute Gasteiger partial charge is 0.350 e. The molecular weight excluding hydrogens is 333 g/mol. The number of rotatable bonds is 6. The molecule has 128 valence electrons. The van der Waals surface area contributed by atoms with E-state index in [1.165, 1.54) is 30.6 Å². The topological polar surface area (TPSA) is 99.3 Å². The molecule has 0 aliphatic rings. The van der Waals surface area contributed by atoms with E-state index in [1.54, 1.807) is 0 Å². The molecule has 0 bridgehead atoms. The van der Waals surface area contributed by atoms with Gasteiger partial charge >= 0.3 is 6.18 Å². The van der Waals surface area contributed by atoms with Gasteiger partial charge in [-0.15, -0.1) is 0 Å². The van der Waals surface area contributed by atoms with Crippen LogP contribution in [-0.4, -0.2) is 33.4 Å². The van der Waals surface area contributed by atoms with Gasteiger partial charge in [0, 0.05) is 17.7 Å². The lowest BCUT2D eigenvalue weighted by Crippen LogP contribution is -2.18. The summed E-state index contributed by atoms with van der Waals surface area (Å²) in [6.07, 6.45) is -1.95. The van der Waals surface area contributed by atoms with Crippen molar-refractivity contribution in [3.63, 3.8) is 0 Å². The first-order valence-corrected chi connectivity index (χ1v) is 6.47. The van der Waals surface area contributed by atoms with E-state index in [2.05, 4.69) is 15.2 Å². The van der Waals surface area contributed by atoms with E-state index < -0.39 is 30.3 Å². The van der Waals surface area contributed by atoms with Crippen molar-refractivity contribution in [2.75, 3.05) is 11.9 Å². The number of nitrogens with one attached hydrogen (secondary N) is 1. The van der Waals surface area contributed by atoms with E-state index in [4.69, 9.17) is 0 Å². The van der Waals surface area contributed by atoms with E-state index in [1.807, 2.05) is 0 Å². The molecule has 0 atom stereocenters. The molecule has 1 aromatic heterocycles. The molecule has 1 aromatic carbocycles. The zero-order valence-electron chi connectivity index (χ0n) is 12.0. The van der Waals surface area contributed by atoms with Crippen LogP contribution in [0.1, 0.15) is 10.4 Å². The maximum atomic E-state index is 12.0. The van der Waals surface area contributed by atoms with Crippen molar-refractivity contribution in [1.82, 2.24) is 9.78 Å². The second-order valence-corrected chi connectivity index (χ2v) is 4.62. The maximum Gasteiger partial charge on any atom is 0.411 e. The summed E-state index contributed by atoms with van der Waals surface area (Å²) in [5.41, 5.74) is 0.0336. The lowest BCUT2D eigenvalue weighted by molar-refractivity contribution is -0.384. The summed E-state index contributed by atoms with van der Waals surface area (Å²) in [5.74, 6) is -0.616. The van der Waals surface area contributed by atoms with Crippen LogP contribution in [0.5, 0.6) is 0 Å². The monoisotopic (exact) mass is 344 g/mol. The van der Waals surface area contributed by atoms with Crippen molar-refractivity contribution in [2.45, 2.75) is 12.9 Å². The van der Waals surface area contributed by atoms with E-state index in [0.29, 0.717) is 0 Å². The fraction of sp³-hybridized carbons (Fsp3) is 0.231. The summed E-state index contributed by atoms with van der Waals surface area (Å²) in [7, 11) is 0. The Morgan fingerprint density at radius 3 is 2.83 bits per heavy atom. The van der Waals surface area contributed by atoms with Gasteiger partial charge in [0.05, 0.1) is 23.0 Å². The van der Waals surface area contributed by atoms with Crippen molar-refractivity contribution in [3.05, 3.63) is 52.3 Å². The first kappa shape index (κ1) is 17.4. The third-order valence-corrected chi connectivity index (χ3v) is 2.70. The van der Waals surface area contributed by atoms with Crippen LogP contribution in [-0.2, 0) is 11.5 Å². The number of nitro groups is 1. The molecule has 0 saturated carbocycles. The van der Waals surface area contributed by atoms with Crippen molar-refractivity contribution < 1.29 is 27.6 Å². The lowest BCUT2D eigenvalue weighted by atomic mass is 10.2. The van der Waals surface area contributed by atoms with Gasteiger partial charge in [-0.05, 0) is 6.07 Å². The molecule has 0 fully saturated rings. The number of hydrogen-bond acceptors (Lipinski definition) is 5. The fourth-order valence-corrected chi connectivity index (χ4v) is 1.72. The maximum absolute atomic E-state index is 12.0. The second kappa shape index (κ2) is 7.08. The number of alkyl halides is 3. The van der Waals surface area contributed by atoms with Crippen molar-refractivity contribution in [1.29, 1.82) is 0 Å². The summed E-state index contributed by atoms with van der Waals surface area (Å²) >= 11 is 0. The number of anilines is 1. The quantitative estimate of drug-likeness (QED) is 0.641. The minimum Gasteiger partial charge on any atom is -0.350 e. The number of nitro benzene ring substituents is 1. The van der Waals surface area contributed by atoms with Gasteiger partial charge in [0.2, 0.25) is 0 Å². The van der Waals surface area contributed by atoms with Crippen LogP contribution in [0.4, 0.5) is 24.5 Å². The van der Waals surface area contributed by atoms with Crippen LogP contribution in [0.2, 0.25) is 0 Å². The first-order chi connectivity index (χ1) is 11.2. The highest BCUT2D eigenvalue weighted by Crippen LogP contribution is 2.16. The van der Waals surface area contributed by atoms with Crippen LogP contribution in [0.3, 0.4) is 0 Å². The molecule has 0 saturated heterocycles. The molecule has 0 radical (unpaired) electrons. The molecule has 1 N–H and O–H groups in total. The van der Waals surface area contributed by atoms with Crippen LogP contribution in [0.25, 0.3) is 0 Å². The molecular formula is C13H11F3N4O4. The average Bonchev–Trinajstić information content (AvgIpc) is 2.93. The zero-order chi connectivity index (χ0) is 17.7. The molecule has 8 nitrogen and oxygen atoms in total. The van der Waals surface area contributed by atoms with Gasteiger partial charge in [0.1, 0.15) is 13.3 Å². The van der Waals surface area contributed by atoms with Crippen molar-refractivity contribution >= 4 is 17.3 Å². The van der Waals surface area contributed by atoms with Gasteiger partial charge in [-0.2, -0.15) is 18.3 Å². The highest BCUT2D eigenvalue weighted by atomic mass is 19.4. The van der Waals surface area contributed by atoms with Gasteiger partial charge in [0.25, 0.3) is 11.6 Å². The number of nitrogens with zero attached hydrogens (tertiary/aromatic N) is 3. The number of amides is 1. The largest absolute Gasteiger partial charge is 0.411 e. The SMILES string of the molecule is O=C(Nc1cnn(COCC(F)(F)F)c1)c1cccc([N+](=O)[O-])c1. The average molecular weight is 344 g/mol. The Balaban J connectivity index is 1.95. The minimum atomic E-state index is -4.44. The van der Waals surface area contributed by atoms with Gasteiger partial charge in [0.15, 0.2) is 0 Å². The Morgan fingerprint density at radius 1 is 1.42 bits per heavy atom. The molecule has 0 spiro atoms. The van der Waals surface area contributed by atoms with Crippen LogP contribution < -0.4 is 5.32 Å². The predicted octanol–water partition coefficient (Wildman–Crippen LogP) is 2.58. The predicted molar refractivity (Wildman–Crippen MR) is 75.3 cm³/mol. The second-order valence-electron chi connectivity index (χ2n) is 4.62. The Kier molecular flexibility index (Phi) is 5.14. The van der Waals surface area contributed by atoms with Crippen molar-refractivity contribution in [2.24, 2.45) is 0 Å². The van der Waals surface area contributed by atoms with Gasteiger partial charge in [-0.3, -0.25) is 14.9 Å². The Labute approximate surface area is 133 Å². The number of carbonyl (C=O) groups is 1. The first-order valence-electron chi connectivity index (χ1n) is 6.47. The van der Waals surface area contributed by atoms with Crippen LogP contribution >= 0.6 is 0 Å². The Bertz CT molecular complexity index is 745. The van der Waals surface area contributed by atoms with Crippen molar-refractivity contribution in [3.8, 4) is 0 Å². The minimum absolute atomic E-state index is 0.0604. The summed E-state index contributed by atoms with van der Waals surface area (Å²) in [5, 5.41) is 16.8. The summed E-state index contributed by atoms with van der Waals surface area (Å²) in [4.78, 5) is 22.0. The Hall–Kier alpha value is -2.95. The molecule has 2 aromatic rings. The van der Waals surface area contributed by atoms with E-state index in [0.717, 1.165) is 10.7 Å². The third kappa shape index (κ3) is 5.05. The molecule has 1 amide bonds. The molecule has 11 heteroatoms. The number of aromatic nitrogens is 2. The lowest BCUT2D eigenvalue weighted by Gasteiger charge is -2.07. The summed E-state index contributed by atoms with van der Waals surface area (Å²) in [6.45, 7) is -1.85.